The molecule has 2 aromatic carbocycles. The van der Waals surface area contributed by atoms with Crippen LogP contribution in [0.3, 0.4) is 0 Å². The van der Waals surface area contributed by atoms with Gasteiger partial charge in [0.05, 0.1) is 12.4 Å². The third-order valence-electron chi connectivity index (χ3n) is 6.46. The number of ether oxygens (including phenoxy) is 2. The summed E-state index contributed by atoms with van der Waals surface area (Å²) in [6, 6.07) is 17.9. The van der Waals surface area contributed by atoms with Crippen molar-refractivity contribution in [2.24, 2.45) is 5.92 Å². The van der Waals surface area contributed by atoms with Crippen molar-refractivity contribution >= 4 is 5.91 Å². The Morgan fingerprint density at radius 3 is 1.97 bits per heavy atom. The van der Waals surface area contributed by atoms with Crippen LogP contribution in [0.15, 0.2) is 61.4 Å². The Morgan fingerprint density at radius 1 is 1.00 bits per heavy atom. The van der Waals surface area contributed by atoms with Crippen LogP contribution in [0, 0.1) is 5.92 Å². The third kappa shape index (κ3) is 8.70. The predicted octanol–water partition coefficient (Wildman–Crippen LogP) is 5.83. The molecule has 2 aromatic rings. The number of rotatable bonds is 14. The maximum absolute atomic E-state index is 11.1. The Balaban J connectivity index is 1.94. The number of carbonyl (C=O) groups is 1. The van der Waals surface area contributed by atoms with Crippen LogP contribution in [-0.4, -0.2) is 32.3 Å². The summed E-state index contributed by atoms with van der Waals surface area (Å²) >= 11 is 0. The second-order valence-corrected chi connectivity index (χ2v) is 9.50. The number of hydrogen-bond acceptors (Lipinski definition) is 3. The maximum atomic E-state index is 11.1. The van der Waals surface area contributed by atoms with Crippen molar-refractivity contribution in [3.8, 4) is 0 Å². The molecule has 0 spiro atoms. The number of hydrogen-bond donors (Lipinski definition) is 1. The van der Waals surface area contributed by atoms with Gasteiger partial charge in [0.2, 0.25) is 5.91 Å². The number of nitrogens with one attached hydrogen (secondary N) is 1. The Morgan fingerprint density at radius 2 is 1.52 bits per heavy atom. The summed E-state index contributed by atoms with van der Waals surface area (Å²) in [5, 5.41) is 2.90. The van der Waals surface area contributed by atoms with Crippen LogP contribution < -0.4 is 5.32 Å². The lowest BCUT2D eigenvalue weighted by Crippen LogP contribution is -2.25. The van der Waals surface area contributed by atoms with Gasteiger partial charge in [0.1, 0.15) is 6.61 Å². The van der Waals surface area contributed by atoms with Crippen LogP contribution >= 0.6 is 0 Å². The van der Waals surface area contributed by atoms with Crippen molar-refractivity contribution in [3.05, 3.63) is 83.6 Å². The topological polar surface area (TPSA) is 47.6 Å². The zero-order chi connectivity index (χ0) is 24.3. The molecule has 1 N–H and O–H groups in total. The van der Waals surface area contributed by atoms with E-state index < -0.39 is 0 Å². The highest BCUT2D eigenvalue weighted by atomic mass is 16.5. The van der Waals surface area contributed by atoms with Crippen molar-refractivity contribution in [2.75, 3.05) is 20.3 Å². The van der Waals surface area contributed by atoms with Gasteiger partial charge in [-0.15, -0.1) is 0 Å². The second kappa shape index (κ2) is 13.2. The highest BCUT2D eigenvalue weighted by Gasteiger charge is 2.23. The molecule has 180 valence electrons. The zero-order valence-electron chi connectivity index (χ0n) is 21.0. The van der Waals surface area contributed by atoms with Gasteiger partial charge in [-0.2, -0.15) is 0 Å². The van der Waals surface area contributed by atoms with Crippen molar-refractivity contribution in [1.82, 2.24) is 5.32 Å². The van der Waals surface area contributed by atoms with E-state index in [1.54, 1.807) is 14.0 Å². The molecule has 0 radical (unpaired) electrons. The van der Waals surface area contributed by atoms with E-state index in [0.717, 1.165) is 32.2 Å². The first-order chi connectivity index (χ1) is 15.8. The molecular weight excluding hydrogens is 410 g/mol. The fraction of sp³-hybridized carbons (Fsp3) is 0.483. The lowest BCUT2D eigenvalue weighted by molar-refractivity contribution is -0.119. The molecule has 0 aliphatic heterocycles. The molecule has 0 saturated carbocycles. The van der Waals surface area contributed by atoms with Crippen LogP contribution in [0.5, 0.6) is 0 Å². The van der Waals surface area contributed by atoms with E-state index in [9.17, 15) is 4.79 Å². The molecule has 0 bridgehead atoms. The van der Waals surface area contributed by atoms with Gasteiger partial charge in [0.25, 0.3) is 0 Å². The highest BCUT2D eigenvalue weighted by molar-refractivity contribution is 5.72. The van der Waals surface area contributed by atoms with E-state index in [2.05, 4.69) is 81.2 Å². The lowest BCUT2D eigenvalue weighted by Gasteiger charge is -2.27. The van der Waals surface area contributed by atoms with Gasteiger partial charge in [0, 0.05) is 26.0 Å². The van der Waals surface area contributed by atoms with Gasteiger partial charge in [-0.25, -0.2) is 0 Å². The molecule has 0 heterocycles. The molecule has 33 heavy (non-hydrogen) atoms. The number of aryl methyl sites for hydroxylation is 2. The van der Waals surface area contributed by atoms with E-state index in [0.29, 0.717) is 12.5 Å². The molecule has 0 saturated heterocycles. The fourth-order valence-corrected chi connectivity index (χ4v) is 3.95. The first-order valence-corrected chi connectivity index (χ1v) is 11.9. The van der Waals surface area contributed by atoms with E-state index in [1.165, 1.54) is 28.5 Å². The number of methoxy groups -OCH3 is 1. The molecular formula is C29H41NO3. The summed E-state index contributed by atoms with van der Waals surface area (Å²) in [6.07, 6.45) is 5.49. The van der Waals surface area contributed by atoms with Crippen LogP contribution in [0.4, 0.5) is 0 Å². The Labute approximate surface area is 200 Å². The van der Waals surface area contributed by atoms with Crippen molar-refractivity contribution in [3.63, 3.8) is 0 Å². The standard InChI is InChI=1S/C29H41NO3/c1-7-33-21-28(32-6)19-14-25-12-17-27(18-13-25)29(4,5)26-15-10-24(11-16-26)9-8-22(2)20-30-23(3)31/h7,10-13,15-18,22,28H,1,8-9,14,19-21H2,2-6H3,(H,30,31). The smallest absolute Gasteiger partial charge is 0.216 e. The normalized spacial score (nSPS) is 13.2. The molecule has 2 unspecified atom stereocenters. The molecule has 4 heteroatoms. The fourth-order valence-electron chi connectivity index (χ4n) is 3.95. The number of benzene rings is 2. The van der Waals surface area contributed by atoms with Gasteiger partial charge < -0.3 is 14.8 Å². The van der Waals surface area contributed by atoms with Gasteiger partial charge in [-0.05, 0) is 53.9 Å². The summed E-state index contributed by atoms with van der Waals surface area (Å²) in [5.41, 5.74) is 5.20. The lowest BCUT2D eigenvalue weighted by atomic mass is 9.77. The summed E-state index contributed by atoms with van der Waals surface area (Å²) in [7, 11) is 1.72. The average molecular weight is 452 g/mol. The average Bonchev–Trinajstić information content (AvgIpc) is 2.82. The van der Waals surface area contributed by atoms with Crippen LogP contribution in [0.25, 0.3) is 0 Å². The molecule has 2 atom stereocenters. The monoisotopic (exact) mass is 451 g/mol. The minimum absolute atomic E-state index is 0.0405. The first-order valence-electron chi connectivity index (χ1n) is 11.9. The maximum Gasteiger partial charge on any atom is 0.216 e. The second-order valence-electron chi connectivity index (χ2n) is 9.50. The summed E-state index contributed by atoms with van der Waals surface area (Å²) in [6.45, 7) is 13.2. The summed E-state index contributed by atoms with van der Waals surface area (Å²) in [5.74, 6) is 0.510. The Kier molecular flexibility index (Phi) is 10.7. The molecule has 0 fully saturated rings. The number of carbonyl (C=O) groups excluding carboxylic acids is 1. The van der Waals surface area contributed by atoms with Crippen molar-refractivity contribution in [2.45, 2.75) is 64.9 Å². The SMILES string of the molecule is C=COCC(CCc1ccc(C(C)(C)c2ccc(CCC(C)CNC(C)=O)cc2)cc1)OC. The largest absolute Gasteiger partial charge is 0.499 e. The minimum atomic E-state index is -0.0668. The van der Waals surface area contributed by atoms with E-state index in [-0.39, 0.29) is 17.4 Å². The quantitative estimate of drug-likeness (QED) is 0.368. The summed E-state index contributed by atoms with van der Waals surface area (Å²) in [4.78, 5) is 11.1. The van der Waals surface area contributed by atoms with E-state index >= 15 is 0 Å². The Bertz CT molecular complexity index is 855. The minimum Gasteiger partial charge on any atom is -0.499 e. The highest BCUT2D eigenvalue weighted by Crippen LogP contribution is 2.32. The van der Waals surface area contributed by atoms with Crippen molar-refractivity contribution < 1.29 is 14.3 Å². The van der Waals surface area contributed by atoms with Gasteiger partial charge in [0.15, 0.2) is 0 Å². The van der Waals surface area contributed by atoms with Crippen molar-refractivity contribution in [1.29, 1.82) is 0 Å². The molecule has 1 amide bonds. The van der Waals surface area contributed by atoms with E-state index in [4.69, 9.17) is 9.47 Å². The number of amides is 1. The van der Waals surface area contributed by atoms with Gasteiger partial charge >= 0.3 is 0 Å². The molecule has 0 aromatic heterocycles. The van der Waals surface area contributed by atoms with Gasteiger partial charge in [-0.1, -0.05) is 75.9 Å². The van der Waals surface area contributed by atoms with Crippen LogP contribution in [0.2, 0.25) is 0 Å². The van der Waals surface area contributed by atoms with Crippen LogP contribution in [0.1, 0.15) is 62.8 Å². The zero-order valence-corrected chi connectivity index (χ0v) is 21.0. The first kappa shape index (κ1) is 26.7. The predicted molar refractivity (Wildman–Crippen MR) is 136 cm³/mol. The van der Waals surface area contributed by atoms with E-state index in [1.807, 2.05) is 0 Å². The van der Waals surface area contributed by atoms with Crippen LogP contribution in [-0.2, 0) is 32.5 Å². The third-order valence-corrected chi connectivity index (χ3v) is 6.46. The molecule has 0 aliphatic rings. The molecule has 4 nitrogen and oxygen atoms in total. The Hall–Kier alpha value is -2.59. The van der Waals surface area contributed by atoms with Gasteiger partial charge in [-0.3, -0.25) is 4.79 Å². The molecule has 0 aliphatic carbocycles. The molecule has 2 rings (SSSR count). The summed E-state index contributed by atoms with van der Waals surface area (Å²) < 4.78 is 10.7.